The van der Waals surface area contributed by atoms with Crippen LogP contribution in [0.3, 0.4) is 0 Å². The topological polar surface area (TPSA) is 98.5 Å². The number of nitrogens with one attached hydrogen (secondary N) is 1. The summed E-state index contributed by atoms with van der Waals surface area (Å²) in [4.78, 5) is 32.6. The Balaban J connectivity index is 4.10. The second kappa shape index (κ2) is 6.80. The number of ether oxygens (including phenoxy) is 1. The molecule has 0 aliphatic heterocycles. The summed E-state index contributed by atoms with van der Waals surface area (Å²) in [5, 5.41) is 2.35. The number of carbonyl (C=O) groups excluding carboxylic acids is 3. The van der Waals surface area contributed by atoms with Gasteiger partial charge < -0.3 is 15.8 Å². The first-order valence-corrected chi connectivity index (χ1v) is 4.69. The molecule has 0 radical (unpaired) electrons. The standard InChI is InChI=1S/C9H16N2O4/c1-3-15-9(14)11-7(6(2)12)4-5-8(10)13/h7H,3-5H2,1-2H3,(H2,10,13)(H,11,14). The molecule has 1 atom stereocenters. The van der Waals surface area contributed by atoms with Crippen molar-refractivity contribution in [3.05, 3.63) is 0 Å². The Morgan fingerprint density at radius 3 is 2.40 bits per heavy atom. The minimum absolute atomic E-state index is 0.0522. The summed E-state index contributed by atoms with van der Waals surface area (Å²) < 4.78 is 4.61. The van der Waals surface area contributed by atoms with Crippen molar-refractivity contribution in [2.45, 2.75) is 32.7 Å². The zero-order valence-corrected chi connectivity index (χ0v) is 8.91. The largest absolute Gasteiger partial charge is 0.450 e. The van der Waals surface area contributed by atoms with Crippen LogP contribution in [0.15, 0.2) is 0 Å². The molecule has 0 aromatic rings. The number of alkyl carbamates (subject to hydrolysis) is 1. The molecule has 0 heterocycles. The van der Waals surface area contributed by atoms with Crippen LogP contribution in [0.1, 0.15) is 26.7 Å². The van der Waals surface area contributed by atoms with Gasteiger partial charge in [0.25, 0.3) is 0 Å². The Bertz CT molecular complexity index is 252. The Hall–Kier alpha value is -1.59. The summed E-state index contributed by atoms with van der Waals surface area (Å²) in [6, 6.07) is -0.712. The molecule has 3 N–H and O–H groups in total. The van der Waals surface area contributed by atoms with Crippen LogP contribution in [0, 0.1) is 0 Å². The second-order valence-electron chi connectivity index (χ2n) is 3.03. The maximum atomic E-state index is 11.1. The fourth-order valence-electron chi connectivity index (χ4n) is 0.979. The number of amides is 2. The van der Waals surface area contributed by atoms with Gasteiger partial charge in [0.05, 0.1) is 12.6 Å². The molecule has 86 valence electrons. The number of nitrogens with two attached hydrogens (primary N) is 1. The highest BCUT2D eigenvalue weighted by atomic mass is 16.5. The third-order valence-corrected chi connectivity index (χ3v) is 1.74. The summed E-state index contributed by atoms with van der Waals surface area (Å²) in [5.74, 6) is -0.740. The lowest BCUT2D eigenvalue weighted by Crippen LogP contribution is -2.40. The predicted molar refractivity (Wildman–Crippen MR) is 53.1 cm³/mol. The minimum Gasteiger partial charge on any atom is -0.450 e. The second-order valence-corrected chi connectivity index (χ2v) is 3.03. The zero-order chi connectivity index (χ0) is 11.8. The molecule has 0 aromatic heterocycles. The fraction of sp³-hybridized carbons (Fsp3) is 0.667. The third-order valence-electron chi connectivity index (χ3n) is 1.74. The molecule has 15 heavy (non-hydrogen) atoms. The molecular weight excluding hydrogens is 200 g/mol. The van der Waals surface area contributed by atoms with Crippen LogP contribution >= 0.6 is 0 Å². The van der Waals surface area contributed by atoms with Crippen molar-refractivity contribution in [2.75, 3.05) is 6.61 Å². The van der Waals surface area contributed by atoms with Crippen molar-refractivity contribution in [1.82, 2.24) is 5.32 Å². The van der Waals surface area contributed by atoms with Gasteiger partial charge in [0.1, 0.15) is 0 Å². The molecule has 6 heteroatoms. The molecule has 0 aliphatic rings. The molecule has 1 unspecified atom stereocenters. The van der Waals surface area contributed by atoms with Crippen molar-refractivity contribution in [3.63, 3.8) is 0 Å². The van der Waals surface area contributed by atoms with Gasteiger partial charge in [0, 0.05) is 6.42 Å². The Morgan fingerprint density at radius 1 is 1.40 bits per heavy atom. The van der Waals surface area contributed by atoms with Crippen LogP contribution in [-0.2, 0) is 14.3 Å². The van der Waals surface area contributed by atoms with E-state index >= 15 is 0 Å². The maximum absolute atomic E-state index is 11.1. The Morgan fingerprint density at radius 2 is 2.00 bits per heavy atom. The zero-order valence-electron chi connectivity index (χ0n) is 8.91. The van der Waals surface area contributed by atoms with E-state index in [-0.39, 0.29) is 25.2 Å². The van der Waals surface area contributed by atoms with Crippen molar-refractivity contribution in [2.24, 2.45) is 5.73 Å². The monoisotopic (exact) mass is 216 g/mol. The number of Topliss-reactive ketones (excluding diaryl/α,β-unsaturated/α-hetero) is 1. The highest BCUT2D eigenvalue weighted by Gasteiger charge is 2.17. The van der Waals surface area contributed by atoms with E-state index in [1.54, 1.807) is 6.92 Å². The fourth-order valence-corrected chi connectivity index (χ4v) is 0.979. The van der Waals surface area contributed by atoms with Crippen molar-refractivity contribution < 1.29 is 19.1 Å². The first-order valence-electron chi connectivity index (χ1n) is 4.69. The van der Waals surface area contributed by atoms with Gasteiger partial charge in [-0.2, -0.15) is 0 Å². The molecule has 0 aliphatic carbocycles. The number of ketones is 1. The van der Waals surface area contributed by atoms with Crippen LogP contribution in [0.5, 0.6) is 0 Å². The van der Waals surface area contributed by atoms with Crippen molar-refractivity contribution in [1.29, 1.82) is 0 Å². The van der Waals surface area contributed by atoms with E-state index in [2.05, 4.69) is 10.1 Å². The minimum atomic E-state index is -0.712. The van der Waals surface area contributed by atoms with E-state index in [9.17, 15) is 14.4 Å². The highest BCUT2D eigenvalue weighted by Crippen LogP contribution is 1.99. The van der Waals surface area contributed by atoms with Crippen molar-refractivity contribution in [3.8, 4) is 0 Å². The summed E-state index contributed by atoms with van der Waals surface area (Å²) in [6.45, 7) is 3.22. The molecule has 0 bridgehead atoms. The number of hydrogen-bond donors (Lipinski definition) is 2. The molecule has 0 rings (SSSR count). The molecule has 0 spiro atoms. The van der Waals surface area contributed by atoms with Gasteiger partial charge in [-0.3, -0.25) is 9.59 Å². The van der Waals surface area contributed by atoms with Gasteiger partial charge in [-0.05, 0) is 20.3 Å². The molecular formula is C9H16N2O4. The summed E-state index contributed by atoms with van der Waals surface area (Å²) >= 11 is 0. The van der Waals surface area contributed by atoms with E-state index in [4.69, 9.17) is 5.73 Å². The number of primary amides is 1. The van der Waals surface area contributed by atoms with E-state index in [0.717, 1.165) is 0 Å². The summed E-state index contributed by atoms with van der Waals surface area (Å²) in [5.41, 5.74) is 4.94. The first-order chi connectivity index (χ1) is 6.97. The van der Waals surface area contributed by atoms with E-state index in [1.807, 2.05) is 0 Å². The van der Waals surface area contributed by atoms with Crippen LogP contribution in [0.2, 0.25) is 0 Å². The molecule has 0 aromatic carbocycles. The van der Waals surface area contributed by atoms with E-state index in [0.29, 0.717) is 0 Å². The average molecular weight is 216 g/mol. The number of hydrogen-bond acceptors (Lipinski definition) is 4. The molecule has 0 saturated heterocycles. The van der Waals surface area contributed by atoms with Crippen LogP contribution in [-0.4, -0.2) is 30.4 Å². The van der Waals surface area contributed by atoms with Gasteiger partial charge >= 0.3 is 6.09 Å². The lowest BCUT2D eigenvalue weighted by molar-refractivity contribution is -0.120. The van der Waals surface area contributed by atoms with Gasteiger partial charge in [-0.25, -0.2) is 4.79 Å². The normalized spacial score (nSPS) is 11.6. The van der Waals surface area contributed by atoms with Gasteiger partial charge in [0.2, 0.25) is 5.91 Å². The smallest absolute Gasteiger partial charge is 0.407 e. The Kier molecular flexibility index (Phi) is 6.08. The van der Waals surface area contributed by atoms with Crippen LogP contribution < -0.4 is 11.1 Å². The van der Waals surface area contributed by atoms with Gasteiger partial charge in [0.15, 0.2) is 5.78 Å². The van der Waals surface area contributed by atoms with Gasteiger partial charge in [-0.15, -0.1) is 0 Å². The lowest BCUT2D eigenvalue weighted by atomic mass is 10.1. The molecule has 0 saturated carbocycles. The highest BCUT2D eigenvalue weighted by molar-refractivity contribution is 5.86. The van der Waals surface area contributed by atoms with Crippen LogP contribution in [0.25, 0.3) is 0 Å². The molecule has 0 fully saturated rings. The number of carbonyl (C=O) groups is 3. The predicted octanol–water partition coefficient (Wildman–Crippen LogP) is -0.0444. The third kappa shape index (κ3) is 6.48. The lowest BCUT2D eigenvalue weighted by Gasteiger charge is -2.14. The first kappa shape index (κ1) is 13.4. The SMILES string of the molecule is CCOC(=O)NC(CCC(N)=O)C(C)=O. The van der Waals surface area contributed by atoms with Crippen LogP contribution in [0.4, 0.5) is 4.79 Å². The average Bonchev–Trinajstić information content (AvgIpc) is 2.11. The maximum Gasteiger partial charge on any atom is 0.407 e. The van der Waals surface area contributed by atoms with Crippen molar-refractivity contribution >= 4 is 17.8 Å². The molecule has 6 nitrogen and oxygen atoms in total. The number of rotatable bonds is 6. The summed E-state index contributed by atoms with van der Waals surface area (Å²) in [7, 11) is 0. The van der Waals surface area contributed by atoms with E-state index in [1.165, 1.54) is 6.92 Å². The molecule has 2 amide bonds. The Labute approximate surface area is 88.1 Å². The van der Waals surface area contributed by atoms with Gasteiger partial charge in [-0.1, -0.05) is 0 Å². The quantitative estimate of drug-likeness (QED) is 0.650. The summed E-state index contributed by atoms with van der Waals surface area (Å²) in [6.07, 6.45) is -0.415. The van der Waals surface area contributed by atoms with E-state index < -0.39 is 18.0 Å².